The molecule has 0 radical (unpaired) electrons. The third kappa shape index (κ3) is 3.13. The first kappa shape index (κ1) is 14.2. The number of likely N-dealkylation sites (tertiary alicyclic amines) is 1. The molecule has 0 unspecified atom stereocenters. The largest absolute Gasteiger partial charge is 0.488 e. The van der Waals surface area contributed by atoms with Crippen LogP contribution in [0.4, 0.5) is 5.82 Å². The standard InChI is InChI=1S/C20H24N6O2/c1-24-7-6-15(24)12-28-17-11-21-25(2)19(17)14-5-8-26-16(9-14)10-18(23-26)22-20(27)13-3-4-13/h5,8-11,13,15H,3-4,6-7,12H2,1-2H3,(H,22,23,27)/t15-/m0/s1/i1D3. The van der Waals surface area contributed by atoms with Crippen LogP contribution in [0, 0.1) is 5.92 Å². The van der Waals surface area contributed by atoms with Crippen molar-refractivity contribution in [2.75, 3.05) is 25.4 Å². The second-order valence-electron chi connectivity index (χ2n) is 7.51. The van der Waals surface area contributed by atoms with Crippen LogP contribution < -0.4 is 10.1 Å². The first-order valence-electron chi connectivity index (χ1n) is 11.0. The maximum Gasteiger partial charge on any atom is 0.228 e. The molecule has 3 aromatic heterocycles. The maximum absolute atomic E-state index is 12.0. The summed E-state index contributed by atoms with van der Waals surface area (Å²) in [5, 5.41) is 11.6. The molecule has 3 aromatic rings. The highest BCUT2D eigenvalue weighted by Gasteiger charge is 2.30. The molecule has 0 spiro atoms. The lowest BCUT2D eigenvalue weighted by Crippen LogP contribution is -2.48. The minimum atomic E-state index is -2.09. The molecule has 5 rings (SSSR count). The van der Waals surface area contributed by atoms with Crippen molar-refractivity contribution in [2.24, 2.45) is 13.0 Å². The summed E-state index contributed by atoms with van der Waals surface area (Å²) >= 11 is 0. The van der Waals surface area contributed by atoms with E-state index >= 15 is 0 Å². The Morgan fingerprint density at radius 2 is 2.29 bits per heavy atom. The Labute approximate surface area is 167 Å². The van der Waals surface area contributed by atoms with Crippen LogP contribution in [-0.2, 0) is 11.8 Å². The third-order valence-electron chi connectivity index (χ3n) is 5.42. The average Bonchev–Trinajstić information content (AvgIpc) is 3.35. The molecule has 1 saturated carbocycles. The zero-order chi connectivity index (χ0) is 21.8. The van der Waals surface area contributed by atoms with E-state index in [4.69, 9.17) is 8.85 Å². The van der Waals surface area contributed by atoms with E-state index in [0.29, 0.717) is 24.7 Å². The number of carbonyl (C=O) groups is 1. The number of ether oxygens (including phenoxy) is 1. The fourth-order valence-corrected chi connectivity index (χ4v) is 3.43. The van der Waals surface area contributed by atoms with Gasteiger partial charge < -0.3 is 10.1 Å². The van der Waals surface area contributed by atoms with Gasteiger partial charge in [-0.3, -0.25) is 14.4 Å². The molecule has 2 aliphatic rings. The molecule has 1 aliphatic carbocycles. The Morgan fingerprint density at radius 3 is 3.04 bits per heavy atom. The lowest BCUT2D eigenvalue weighted by molar-refractivity contribution is -0.117. The molecule has 1 atom stereocenters. The van der Waals surface area contributed by atoms with Gasteiger partial charge >= 0.3 is 0 Å². The van der Waals surface area contributed by atoms with E-state index in [9.17, 15) is 4.79 Å². The van der Waals surface area contributed by atoms with Crippen molar-refractivity contribution >= 4 is 17.2 Å². The number of aromatic nitrogens is 4. The Bertz CT molecular complexity index is 1130. The number of rotatable bonds is 6. The molecule has 4 heterocycles. The molecule has 8 heteroatoms. The van der Waals surface area contributed by atoms with Gasteiger partial charge in [-0.2, -0.15) is 10.2 Å². The second-order valence-corrected chi connectivity index (χ2v) is 7.51. The van der Waals surface area contributed by atoms with Crippen molar-refractivity contribution in [1.29, 1.82) is 0 Å². The Balaban J connectivity index is 1.35. The van der Waals surface area contributed by atoms with Crippen molar-refractivity contribution in [3.05, 3.63) is 30.6 Å². The van der Waals surface area contributed by atoms with Crippen LogP contribution in [0.3, 0.4) is 0 Å². The van der Waals surface area contributed by atoms with Gasteiger partial charge in [0.15, 0.2) is 11.6 Å². The van der Waals surface area contributed by atoms with E-state index in [1.807, 2.05) is 31.4 Å². The smallest absolute Gasteiger partial charge is 0.228 e. The van der Waals surface area contributed by atoms with E-state index < -0.39 is 6.98 Å². The summed E-state index contributed by atoms with van der Waals surface area (Å²) in [6.45, 7) is -1.24. The predicted octanol–water partition coefficient (Wildman–Crippen LogP) is 2.17. The number of pyridine rings is 1. The third-order valence-corrected chi connectivity index (χ3v) is 5.42. The summed E-state index contributed by atoms with van der Waals surface area (Å²) < 4.78 is 32.2. The number of hydrogen-bond donors (Lipinski definition) is 1. The van der Waals surface area contributed by atoms with Gasteiger partial charge in [0.2, 0.25) is 5.91 Å². The number of carbonyl (C=O) groups excluding carboxylic acids is 1. The van der Waals surface area contributed by atoms with Gasteiger partial charge in [0, 0.05) is 40.9 Å². The molecule has 0 bridgehead atoms. The summed E-state index contributed by atoms with van der Waals surface area (Å²) in [6, 6.07) is 5.58. The van der Waals surface area contributed by atoms with Crippen LogP contribution in [-0.4, -0.2) is 56.4 Å². The topological polar surface area (TPSA) is 76.7 Å². The summed E-state index contributed by atoms with van der Waals surface area (Å²) in [5.74, 6) is 1.27. The molecule has 1 saturated heterocycles. The van der Waals surface area contributed by atoms with E-state index in [-0.39, 0.29) is 17.9 Å². The maximum atomic E-state index is 12.0. The quantitative estimate of drug-likeness (QED) is 0.706. The van der Waals surface area contributed by atoms with Crippen molar-refractivity contribution in [1.82, 2.24) is 24.3 Å². The molecule has 146 valence electrons. The fraction of sp³-hybridized carbons (Fsp3) is 0.450. The highest BCUT2D eigenvalue weighted by molar-refractivity contribution is 5.93. The SMILES string of the molecule is [2H]C([2H])([2H])N1CC[C@H]1COc1cnn(C)c1-c1ccn2nc(NC(=O)C3CC3)cc2c1. The van der Waals surface area contributed by atoms with Gasteiger partial charge in [-0.25, -0.2) is 4.52 Å². The minimum absolute atomic E-state index is 0.0213. The number of likely N-dealkylation sites (N-methyl/N-ethyl adjacent to an activating group) is 1. The summed E-state index contributed by atoms with van der Waals surface area (Å²) in [4.78, 5) is 13.5. The number of anilines is 1. The summed E-state index contributed by atoms with van der Waals surface area (Å²) in [6.07, 6.45) is 6.16. The van der Waals surface area contributed by atoms with Gasteiger partial charge in [0.05, 0.1) is 11.7 Å². The van der Waals surface area contributed by atoms with Crippen LogP contribution in [0.25, 0.3) is 16.8 Å². The van der Waals surface area contributed by atoms with Crippen LogP contribution >= 0.6 is 0 Å². The highest BCUT2D eigenvalue weighted by atomic mass is 16.5. The lowest BCUT2D eigenvalue weighted by atomic mass is 10.1. The zero-order valence-corrected chi connectivity index (χ0v) is 15.6. The minimum Gasteiger partial charge on any atom is -0.488 e. The second kappa shape index (κ2) is 6.63. The van der Waals surface area contributed by atoms with Crippen molar-refractivity contribution in [2.45, 2.75) is 25.3 Å². The Hall–Kier alpha value is -2.87. The molecule has 8 nitrogen and oxygen atoms in total. The first-order chi connectivity index (χ1) is 14.8. The lowest BCUT2D eigenvalue weighted by Gasteiger charge is -2.37. The van der Waals surface area contributed by atoms with Crippen LogP contribution in [0.15, 0.2) is 30.6 Å². The molecule has 28 heavy (non-hydrogen) atoms. The van der Waals surface area contributed by atoms with Gasteiger partial charge in [-0.05, 0) is 44.9 Å². The molecular formula is C20H24N6O2. The number of hydrogen-bond acceptors (Lipinski definition) is 5. The average molecular weight is 383 g/mol. The van der Waals surface area contributed by atoms with Gasteiger partial charge in [-0.1, -0.05) is 0 Å². The monoisotopic (exact) mass is 383 g/mol. The van der Waals surface area contributed by atoms with Gasteiger partial charge in [0.1, 0.15) is 12.3 Å². The molecular weight excluding hydrogens is 356 g/mol. The normalized spacial score (nSPS) is 21.6. The van der Waals surface area contributed by atoms with Gasteiger partial charge in [-0.15, -0.1) is 0 Å². The van der Waals surface area contributed by atoms with Crippen LogP contribution in [0.5, 0.6) is 5.75 Å². The van der Waals surface area contributed by atoms with Gasteiger partial charge in [0.25, 0.3) is 0 Å². The number of aryl methyl sites for hydroxylation is 1. The molecule has 2 fully saturated rings. The Kier molecular flexibility index (Phi) is 3.36. The van der Waals surface area contributed by atoms with Crippen molar-refractivity contribution in [3.63, 3.8) is 0 Å². The molecule has 0 aromatic carbocycles. The summed E-state index contributed by atoms with van der Waals surface area (Å²) in [5.41, 5.74) is 2.53. The van der Waals surface area contributed by atoms with E-state index in [2.05, 4.69) is 15.5 Å². The van der Waals surface area contributed by atoms with Crippen LogP contribution in [0.1, 0.15) is 23.4 Å². The number of amides is 1. The molecule has 1 aliphatic heterocycles. The zero-order valence-electron chi connectivity index (χ0n) is 18.6. The Morgan fingerprint density at radius 1 is 1.39 bits per heavy atom. The van der Waals surface area contributed by atoms with Crippen LogP contribution in [0.2, 0.25) is 0 Å². The number of nitrogens with one attached hydrogen (secondary N) is 1. The molecule has 1 amide bonds. The van der Waals surface area contributed by atoms with E-state index in [1.165, 1.54) is 4.90 Å². The van der Waals surface area contributed by atoms with Crippen molar-refractivity contribution < 1.29 is 13.6 Å². The number of fused-ring (bicyclic) bond motifs is 1. The predicted molar refractivity (Wildman–Crippen MR) is 105 cm³/mol. The van der Waals surface area contributed by atoms with E-state index in [0.717, 1.165) is 36.0 Å². The first-order valence-corrected chi connectivity index (χ1v) is 9.52. The number of nitrogens with zero attached hydrogens (tertiary/aromatic N) is 5. The highest BCUT2D eigenvalue weighted by Crippen LogP contribution is 2.32. The fourth-order valence-electron chi connectivity index (χ4n) is 3.43. The molecule has 1 N–H and O–H groups in total. The van der Waals surface area contributed by atoms with Crippen molar-refractivity contribution in [3.8, 4) is 17.0 Å². The summed E-state index contributed by atoms with van der Waals surface area (Å²) in [7, 11) is 1.84. The van der Waals surface area contributed by atoms with E-state index in [1.54, 1.807) is 15.4 Å².